The predicted octanol–water partition coefficient (Wildman–Crippen LogP) is 2.15. The number of ether oxygens (including phenoxy) is 2. The van der Waals surface area contributed by atoms with Crippen LogP contribution in [0.25, 0.3) is 0 Å². The van der Waals surface area contributed by atoms with Gasteiger partial charge in [-0.2, -0.15) is 0 Å². The number of methoxy groups -OCH3 is 1. The average molecular weight is 347 g/mol. The number of rotatable bonds is 8. The van der Waals surface area contributed by atoms with Crippen LogP contribution in [0.15, 0.2) is 24.5 Å². The van der Waals surface area contributed by atoms with Crippen LogP contribution in [0.5, 0.6) is 11.5 Å². The van der Waals surface area contributed by atoms with E-state index < -0.39 is 0 Å². The highest BCUT2D eigenvalue weighted by atomic mass is 16.5. The van der Waals surface area contributed by atoms with Gasteiger partial charge in [0.1, 0.15) is 0 Å². The molecule has 1 aromatic heterocycles. The SMILES string of the molecule is COc1cc(C(=O)N(CCO)Cc2nc[nH]c2C)ccc1OC(C)C. The molecule has 1 heterocycles. The lowest BCUT2D eigenvalue weighted by Crippen LogP contribution is -2.33. The third kappa shape index (κ3) is 4.73. The van der Waals surface area contributed by atoms with Gasteiger partial charge in [-0.1, -0.05) is 0 Å². The first-order valence-corrected chi connectivity index (χ1v) is 8.20. The second-order valence-corrected chi connectivity index (χ2v) is 5.96. The maximum absolute atomic E-state index is 12.9. The fourth-order valence-corrected chi connectivity index (χ4v) is 2.43. The molecule has 0 aliphatic carbocycles. The fourth-order valence-electron chi connectivity index (χ4n) is 2.43. The summed E-state index contributed by atoms with van der Waals surface area (Å²) in [6, 6.07) is 5.08. The first kappa shape index (κ1) is 18.8. The first-order chi connectivity index (χ1) is 12.0. The number of nitrogens with one attached hydrogen (secondary N) is 1. The number of imidazole rings is 1. The molecule has 0 spiro atoms. The van der Waals surface area contributed by atoms with Gasteiger partial charge in [-0.15, -0.1) is 0 Å². The van der Waals surface area contributed by atoms with Gasteiger partial charge in [-0.05, 0) is 39.0 Å². The predicted molar refractivity (Wildman–Crippen MR) is 93.9 cm³/mol. The Kier molecular flexibility index (Phi) is 6.41. The molecule has 0 unspecified atom stereocenters. The molecular formula is C18H25N3O4. The summed E-state index contributed by atoms with van der Waals surface area (Å²) in [7, 11) is 1.54. The second-order valence-electron chi connectivity index (χ2n) is 5.96. The van der Waals surface area contributed by atoms with Crippen molar-refractivity contribution < 1.29 is 19.4 Å². The molecule has 0 fully saturated rings. The lowest BCUT2D eigenvalue weighted by Gasteiger charge is -2.22. The summed E-state index contributed by atoms with van der Waals surface area (Å²) in [5.41, 5.74) is 2.14. The number of hydrogen-bond donors (Lipinski definition) is 2. The van der Waals surface area contributed by atoms with Gasteiger partial charge in [0, 0.05) is 17.8 Å². The molecule has 136 valence electrons. The number of nitrogens with zero attached hydrogens (tertiary/aromatic N) is 2. The van der Waals surface area contributed by atoms with Crippen molar-refractivity contribution in [1.82, 2.24) is 14.9 Å². The zero-order valence-corrected chi connectivity index (χ0v) is 15.1. The summed E-state index contributed by atoms with van der Waals surface area (Å²) >= 11 is 0. The molecule has 0 bridgehead atoms. The van der Waals surface area contributed by atoms with Crippen molar-refractivity contribution in [2.24, 2.45) is 0 Å². The Morgan fingerprint density at radius 1 is 1.36 bits per heavy atom. The zero-order valence-electron chi connectivity index (χ0n) is 15.1. The number of aliphatic hydroxyl groups is 1. The molecule has 1 aromatic carbocycles. The Balaban J connectivity index is 2.24. The zero-order chi connectivity index (χ0) is 18.4. The van der Waals surface area contributed by atoms with E-state index in [0.29, 0.717) is 23.6 Å². The maximum Gasteiger partial charge on any atom is 0.254 e. The Labute approximate surface area is 147 Å². The molecule has 0 atom stereocenters. The first-order valence-electron chi connectivity index (χ1n) is 8.20. The van der Waals surface area contributed by atoms with Gasteiger partial charge in [0.05, 0.1) is 38.4 Å². The smallest absolute Gasteiger partial charge is 0.254 e. The van der Waals surface area contributed by atoms with Crippen LogP contribution in [-0.2, 0) is 6.54 Å². The largest absolute Gasteiger partial charge is 0.493 e. The van der Waals surface area contributed by atoms with E-state index in [9.17, 15) is 9.90 Å². The minimum Gasteiger partial charge on any atom is -0.493 e. The third-order valence-corrected chi connectivity index (χ3v) is 3.71. The molecule has 0 aliphatic rings. The fraction of sp³-hybridized carbons (Fsp3) is 0.444. The molecular weight excluding hydrogens is 322 g/mol. The van der Waals surface area contributed by atoms with Gasteiger partial charge >= 0.3 is 0 Å². The topological polar surface area (TPSA) is 87.7 Å². The van der Waals surface area contributed by atoms with E-state index >= 15 is 0 Å². The van der Waals surface area contributed by atoms with E-state index in [1.54, 1.807) is 29.4 Å². The van der Waals surface area contributed by atoms with Crippen LogP contribution in [0.4, 0.5) is 0 Å². The van der Waals surface area contributed by atoms with Crippen molar-refractivity contribution in [3.05, 3.63) is 41.5 Å². The lowest BCUT2D eigenvalue weighted by atomic mass is 10.1. The number of carbonyl (C=O) groups excluding carboxylic acids is 1. The standard InChI is InChI=1S/C18H25N3O4/c1-12(2)25-16-6-5-14(9-17(16)24-4)18(23)21(7-8-22)10-15-13(3)19-11-20-15/h5-6,9,11-12,22H,7-8,10H2,1-4H3,(H,19,20). The minimum absolute atomic E-state index is 0.00368. The van der Waals surface area contributed by atoms with Gasteiger partial charge in [0.25, 0.3) is 5.91 Å². The molecule has 0 saturated carbocycles. The number of aromatic amines is 1. The van der Waals surface area contributed by atoms with Gasteiger partial charge in [-0.3, -0.25) is 4.79 Å². The minimum atomic E-state index is -0.203. The number of aromatic nitrogens is 2. The molecule has 7 nitrogen and oxygen atoms in total. The molecule has 0 saturated heterocycles. The molecule has 0 radical (unpaired) electrons. The summed E-state index contributed by atoms with van der Waals surface area (Å²) in [5.74, 6) is 0.885. The highest BCUT2D eigenvalue weighted by Gasteiger charge is 2.19. The molecule has 0 aliphatic heterocycles. The van der Waals surface area contributed by atoms with E-state index in [1.807, 2.05) is 20.8 Å². The number of carbonyl (C=O) groups is 1. The van der Waals surface area contributed by atoms with Crippen molar-refractivity contribution in [2.75, 3.05) is 20.3 Å². The Hall–Kier alpha value is -2.54. The highest BCUT2D eigenvalue weighted by Crippen LogP contribution is 2.29. The maximum atomic E-state index is 12.9. The number of aryl methyl sites for hydroxylation is 1. The molecule has 7 heteroatoms. The second kappa shape index (κ2) is 8.53. The van der Waals surface area contributed by atoms with Crippen LogP contribution in [0.1, 0.15) is 35.6 Å². The van der Waals surface area contributed by atoms with Gasteiger partial charge in [0.15, 0.2) is 11.5 Å². The van der Waals surface area contributed by atoms with Crippen molar-refractivity contribution in [1.29, 1.82) is 0 Å². The molecule has 2 N–H and O–H groups in total. The van der Waals surface area contributed by atoms with Gasteiger partial charge < -0.3 is 24.5 Å². The number of benzene rings is 1. The summed E-state index contributed by atoms with van der Waals surface area (Å²) in [4.78, 5) is 21.6. The molecule has 1 amide bonds. The van der Waals surface area contributed by atoms with Crippen molar-refractivity contribution >= 4 is 5.91 Å². The Morgan fingerprint density at radius 2 is 2.12 bits per heavy atom. The number of H-pyrrole nitrogens is 1. The Morgan fingerprint density at radius 3 is 2.68 bits per heavy atom. The normalized spacial score (nSPS) is 10.8. The number of amides is 1. The van der Waals surface area contributed by atoms with Crippen LogP contribution >= 0.6 is 0 Å². The monoisotopic (exact) mass is 347 g/mol. The highest BCUT2D eigenvalue weighted by molar-refractivity contribution is 5.95. The number of aliphatic hydroxyl groups excluding tert-OH is 1. The lowest BCUT2D eigenvalue weighted by molar-refractivity contribution is 0.0705. The van der Waals surface area contributed by atoms with Gasteiger partial charge in [-0.25, -0.2) is 4.98 Å². The van der Waals surface area contributed by atoms with Crippen LogP contribution in [0.2, 0.25) is 0 Å². The number of hydrogen-bond acceptors (Lipinski definition) is 5. The van der Waals surface area contributed by atoms with Crippen LogP contribution in [0, 0.1) is 6.92 Å². The molecule has 2 rings (SSSR count). The van der Waals surface area contributed by atoms with E-state index in [2.05, 4.69) is 9.97 Å². The van der Waals surface area contributed by atoms with Crippen molar-refractivity contribution in [2.45, 2.75) is 33.4 Å². The van der Waals surface area contributed by atoms with Crippen molar-refractivity contribution in [3.8, 4) is 11.5 Å². The quantitative estimate of drug-likeness (QED) is 0.764. The van der Waals surface area contributed by atoms with Gasteiger partial charge in [0.2, 0.25) is 0 Å². The van der Waals surface area contributed by atoms with E-state index in [1.165, 1.54) is 7.11 Å². The summed E-state index contributed by atoms with van der Waals surface area (Å²) < 4.78 is 11.0. The van der Waals surface area contributed by atoms with E-state index in [-0.39, 0.29) is 25.2 Å². The average Bonchev–Trinajstić information content (AvgIpc) is 2.98. The van der Waals surface area contributed by atoms with Crippen LogP contribution in [0.3, 0.4) is 0 Å². The van der Waals surface area contributed by atoms with Crippen molar-refractivity contribution in [3.63, 3.8) is 0 Å². The third-order valence-electron chi connectivity index (χ3n) is 3.71. The van der Waals surface area contributed by atoms with E-state index in [0.717, 1.165) is 11.4 Å². The Bertz CT molecular complexity index is 712. The van der Waals surface area contributed by atoms with Crippen LogP contribution < -0.4 is 9.47 Å². The van der Waals surface area contributed by atoms with E-state index in [4.69, 9.17) is 9.47 Å². The molecule has 2 aromatic rings. The van der Waals surface area contributed by atoms with Crippen LogP contribution in [-0.4, -0.2) is 52.2 Å². The summed E-state index contributed by atoms with van der Waals surface area (Å²) in [6.45, 7) is 6.16. The summed E-state index contributed by atoms with van der Waals surface area (Å²) in [5, 5.41) is 9.31. The molecule has 25 heavy (non-hydrogen) atoms. The summed E-state index contributed by atoms with van der Waals surface area (Å²) in [6.07, 6.45) is 1.59.